The molecule has 2 N–H and O–H groups in total. The van der Waals surface area contributed by atoms with Gasteiger partial charge in [0.25, 0.3) is 5.91 Å². The Balaban J connectivity index is 1.24. The summed E-state index contributed by atoms with van der Waals surface area (Å²) in [5, 5.41) is 9.22. The molecule has 1 aromatic heterocycles. The van der Waals surface area contributed by atoms with Crippen LogP contribution in [0.5, 0.6) is 11.5 Å². The first-order chi connectivity index (χ1) is 17.2. The monoisotopic (exact) mass is 487 g/mol. The second-order valence-electron chi connectivity index (χ2n) is 7.49. The molecular weight excluding hydrogens is 466 g/mol. The fraction of sp³-hybridized carbons (Fsp3) is 0.120. The number of nitrogens with zero attached hydrogens (tertiary/aromatic N) is 3. The van der Waals surface area contributed by atoms with Crippen LogP contribution in [-0.2, 0) is 4.79 Å². The van der Waals surface area contributed by atoms with Crippen molar-refractivity contribution >= 4 is 23.6 Å². The Bertz CT molecular complexity index is 1340. The maximum atomic E-state index is 12.5. The number of hydrogen-bond acceptors (Lipinski definition) is 7. The molecule has 1 aliphatic rings. The third kappa shape index (κ3) is 5.12. The third-order valence-corrected chi connectivity index (χ3v) is 6.06. The zero-order valence-corrected chi connectivity index (χ0v) is 19.3. The first kappa shape index (κ1) is 22.5. The molecule has 1 aliphatic heterocycles. The van der Waals surface area contributed by atoms with Gasteiger partial charge in [-0.25, -0.2) is 0 Å². The SMILES string of the molecule is O=C(CSc1nnc(-c2ccccc2)n1-c1ccccc1)NNC(=O)c1ccc2c(c1)OCCO2. The number of hydrazine groups is 1. The standard InChI is InChI=1S/C25H21N5O4S/c31-22(26-28-24(32)18-11-12-20-21(15-18)34-14-13-33-20)16-35-25-29-27-23(17-7-3-1-4-8-17)30(25)19-9-5-2-6-10-19/h1-12,15H,13-14,16H2,(H,26,31)(H,28,32). The molecule has 0 saturated heterocycles. The highest BCUT2D eigenvalue weighted by Crippen LogP contribution is 2.31. The summed E-state index contributed by atoms with van der Waals surface area (Å²) in [4.78, 5) is 24.9. The molecule has 35 heavy (non-hydrogen) atoms. The summed E-state index contributed by atoms with van der Waals surface area (Å²) in [6.45, 7) is 0.892. The van der Waals surface area contributed by atoms with E-state index in [4.69, 9.17) is 9.47 Å². The molecule has 0 radical (unpaired) electrons. The molecule has 3 aromatic carbocycles. The number of nitrogens with one attached hydrogen (secondary N) is 2. The lowest BCUT2D eigenvalue weighted by atomic mass is 10.2. The Morgan fingerprint density at radius 2 is 1.57 bits per heavy atom. The third-order valence-electron chi connectivity index (χ3n) is 5.13. The van der Waals surface area contributed by atoms with Gasteiger partial charge in [-0.2, -0.15) is 0 Å². The van der Waals surface area contributed by atoms with E-state index in [1.165, 1.54) is 11.8 Å². The van der Waals surface area contributed by atoms with Crippen LogP contribution in [0.2, 0.25) is 0 Å². The van der Waals surface area contributed by atoms with E-state index in [9.17, 15) is 9.59 Å². The van der Waals surface area contributed by atoms with Crippen LogP contribution < -0.4 is 20.3 Å². The molecule has 5 rings (SSSR count). The number of carbonyl (C=O) groups excluding carboxylic acids is 2. The van der Waals surface area contributed by atoms with Crippen LogP contribution in [0, 0.1) is 0 Å². The van der Waals surface area contributed by atoms with Gasteiger partial charge in [0.15, 0.2) is 22.5 Å². The number of rotatable bonds is 6. The Morgan fingerprint density at radius 1 is 0.857 bits per heavy atom. The average molecular weight is 488 g/mol. The first-order valence-electron chi connectivity index (χ1n) is 10.9. The molecule has 0 bridgehead atoms. The lowest BCUT2D eigenvalue weighted by molar-refractivity contribution is -0.119. The molecule has 9 nitrogen and oxygen atoms in total. The van der Waals surface area contributed by atoms with E-state index in [2.05, 4.69) is 21.0 Å². The van der Waals surface area contributed by atoms with Gasteiger partial charge in [0.1, 0.15) is 13.2 Å². The van der Waals surface area contributed by atoms with E-state index < -0.39 is 5.91 Å². The molecule has 2 heterocycles. The summed E-state index contributed by atoms with van der Waals surface area (Å²) in [6.07, 6.45) is 0. The van der Waals surface area contributed by atoms with Crippen molar-refractivity contribution in [2.75, 3.05) is 19.0 Å². The van der Waals surface area contributed by atoms with E-state index in [-0.39, 0.29) is 11.7 Å². The van der Waals surface area contributed by atoms with Gasteiger partial charge in [-0.05, 0) is 30.3 Å². The molecule has 0 unspecified atom stereocenters. The van der Waals surface area contributed by atoms with Crippen LogP contribution in [0.4, 0.5) is 0 Å². The van der Waals surface area contributed by atoms with Gasteiger partial charge in [0.2, 0.25) is 5.91 Å². The summed E-state index contributed by atoms with van der Waals surface area (Å²) in [5.74, 6) is 0.947. The van der Waals surface area contributed by atoms with Gasteiger partial charge in [0, 0.05) is 16.8 Å². The molecule has 0 fully saturated rings. The second kappa shape index (κ2) is 10.3. The maximum Gasteiger partial charge on any atom is 0.269 e. The van der Waals surface area contributed by atoms with Gasteiger partial charge in [-0.3, -0.25) is 25.0 Å². The van der Waals surface area contributed by atoms with Crippen molar-refractivity contribution in [1.82, 2.24) is 25.6 Å². The molecule has 0 spiro atoms. The van der Waals surface area contributed by atoms with Crippen molar-refractivity contribution in [3.8, 4) is 28.6 Å². The van der Waals surface area contributed by atoms with E-state index in [1.807, 2.05) is 65.2 Å². The minimum absolute atomic E-state index is 0.0289. The number of aromatic nitrogens is 3. The highest BCUT2D eigenvalue weighted by molar-refractivity contribution is 7.99. The van der Waals surface area contributed by atoms with Crippen molar-refractivity contribution in [3.05, 3.63) is 84.4 Å². The van der Waals surface area contributed by atoms with Crippen LogP contribution in [0.1, 0.15) is 10.4 Å². The van der Waals surface area contributed by atoms with Gasteiger partial charge >= 0.3 is 0 Å². The van der Waals surface area contributed by atoms with E-state index in [0.29, 0.717) is 41.3 Å². The lowest BCUT2D eigenvalue weighted by Gasteiger charge is -2.18. The van der Waals surface area contributed by atoms with Crippen LogP contribution in [0.3, 0.4) is 0 Å². The van der Waals surface area contributed by atoms with Gasteiger partial charge in [-0.1, -0.05) is 60.3 Å². The minimum atomic E-state index is -0.459. The number of benzene rings is 3. The maximum absolute atomic E-state index is 12.5. The highest BCUT2D eigenvalue weighted by atomic mass is 32.2. The van der Waals surface area contributed by atoms with Crippen LogP contribution in [-0.4, -0.2) is 45.5 Å². The molecule has 0 atom stereocenters. The average Bonchev–Trinajstić information content (AvgIpc) is 3.35. The van der Waals surface area contributed by atoms with Crippen molar-refractivity contribution < 1.29 is 19.1 Å². The van der Waals surface area contributed by atoms with Crippen molar-refractivity contribution in [2.24, 2.45) is 0 Å². The van der Waals surface area contributed by atoms with Crippen LogP contribution in [0.15, 0.2) is 84.0 Å². The van der Waals surface area contributed by atoms with E-state index in [1.54, 1.807) is 18.2 Å². The number of amides is 2. The predicted molar refractivity (Wildman–Crippen MR) is 131 cm³/mol. The molecule has 176 valence electrons. The number of ether oxygens (including phenoxy) is 2. The lowest BCUT2D eigenvalue weighted by Crippen LogP contribution is -2.42. The van der Waals surface area contributed by atoms with Crippen LogP contribution >= 0.6 is 11.8 Å². The Kier molecular flexibility index (Phi) is 6.62. The summed E-state index contributed by atoms with van der Waals surface area (Å²) in [7, 11) is 0. The van der Waals surface area contributed by atoms with Gasteiger partial charge < -0.3 is 9.47 Å². The van der Waals surface area contributed by atoms with Crippen molar-refractivity contribution in [3.63, 3.8) is 0 Å². The molecular formula is C25H21N5O4S. The van der Waals surface area contributed by atoms with Crippen LogP contribution in [0.25, 0.3) is 17.1 Å². The summed E-state index contributed by atoms with van der Waals surface area (Å²) in [5.41, 5.74) is 7.00. The quantitative estimate of drug-likeness (QED) is 0.318. The van der Waals surface area contributed by atoms with Crippen molar-refractivity contribution in [1.29, 1.82) is 0 Å². The van der Waals surface area contributed by atoms with E-state index >= 15 is 0 Å². The molecule has 0 saturated carbocycles. The molecule has 10 heteroatoms. The highest BCUT2D eigenvalue weighted by Gasteiger charge is 2.18. The van der Waals surface area contributed by atoms with Gasteiger partial charge in [-0.15, -0.1) is 10.2 Å². The first-order valence-corrected chi connectivity index (χ1v) is 11.9. The number of para-hydroxylation sites is 1. The van der Waals surface area contributed by atoms with Gasteiger partial charge in [0.05, 0.1) is 5.75 Å². The van der Waals surface area contributed by atoms with Crippen molar-refractivity contribution in [2.45, 2.75) is 5.16 Å². The summed E-state index contributed by atoms with van der Waals surface area (Å²) >= 11 is 1.22. The largest absolute Gasteiger partial charge is 0.486 e. The minimum Gasteiger partial charge on any atom is -0.486 e. The topological polar surface area (TPSA) is 107 Å². The number of hydrogen-bond donors (Lipinski definition) is 2. The zero-order valence-electron chi connectivity index (χ0n) is 18.5. The fourth-order valence-electron chi connectivity index (χ4n) is 3.50. The number of thioether (sulfide) groups is 1. The fourth-order valence-corrected chi connectivity index (χ4v) is 4.25. The Hall–Kier alpha value is -4.31. The summed E-state index contributed by atoms with van der Waals surface area (Å²) in [6, 6.07) is 24.3. The molecule has 4 aromatic rings. The number of fused-ring (bicyclic) bond motifs is 1. The second-order valence-corrected chi connectivity index (χ2v) is 8.44. The molecule has 0 aliphatic carbocycles. The summed E-state index contributed by atoms with van der Waals surface area (Å²) < 4.78 is 12.9. The number of carbonyl (C=O) groups is 2. The Labute approximate surface area is 205 Å². The smallest absolute Gasteiger partial charge is 0.269 e. The van der Waals surface area contributed by atoms with E-state index in [0.717, 1.165) is 11.3 Å². The predicted octanol–water partition coefficient (Wildman–Crippen LogP) is 3.26. The zero-order chi connectivity index (χ0) is 24.0. The molecule has 2 amide bonds. The normalized spacial score (nSPS) is 12.1. The Morgan fingerprint density at radius 3 is 2.34 bits per heavy atom.